The number of carboxylic acids is 2. The number of nitrogens with one attached hydrogen (secondary N) is 6. The van der Waals surface area contributed by atoms with Crippen molar-refractivity contribution in [2.24, 2.45) is 29.0 Å². The molecule has 400 valence electrons. The Morgan fingerprint density at radius 1 is 0.789 bits per heavy atom. The highest BCUT2D eigenvalue weighted by Crippen LogP contribution is 2.21. The van der Waals surface area contributed by atoms with E-state index in [4.69, 9.17) is 27.1 Å². The Labute approximate surface area is 413 Å². The third-order valence-corrected chi connectivity index (χ3v) is 11.4. The normalized spacial score (nSPS) is 16.4. The minimum Gasteiger partial charge on any atom is -0.481 e. The topological polar surface area (TPSA) is 385 Å². The molecule has 1 aromatic carbocycles. The largest absolute Gasteiger partial charge is 0.490 e. The van der Waals surface area contributed by atoms with Crippen LogP contribution >= 0.6 is 11.8 Å². The number of amides is 8. The molecule has 15 N–H and O–H groups in total. The Morgan fingerprint density at radius 2 is 1.34 bits per heavy atom. The second-order valence-electron chi connectivity index (χ2n) is 17.3. The lowest BCUT2D eigenvalue weighted by atomic mass is 10.00. The SMILES string of the molecule is CSCC[C@H](NC(=O)[C@H](CC(C)C)N1CC[C@@H](NC(=O)[C@@H](NC(=O)[C@H](Cc2ccccc2)NC(=O)[C@H](CO)NC(=O)[C@H](CC(=O)O)NC(=O)[C@@H](N)CCCCN)C(C)C)C1=O)C(N)=O.O=C(O)C(F)(F)F. The van der Waals surface area contributed by atoms with Crippen molar-refractivity contribution >= 4 is 71.0 Å². The number of nitrogens with two attached hydrogens (primary N) is 3. The number of unbranched alkanes of at least 4 members (excludes halogenated alkanes) is 1. The Balaban J connectivity index is 0.00000333. The van der Waals surface area contributed by atoms with Crippen LogP contribution in [0.5, 0.6) is 0 Å². The highest BCUT2D eigenvalue weighted by atomic mass is 32.2. The van der Waals surface area contributed by atoms with Crippen molar-refractivity contribution in [1.29, 1.82) is 0 Å². The maximum atomic E-state index is 14.0. The fourth-order valence-corrected chi connectivity index (χ4v) is 7.38. The van der Waals surface area contributed by atoms with Gasteiger partial charge < -0.3 is 69.3 Å². The summed E-state index contributed by atoms with van der Waals surface area (Å²) in [6.45, 7) is 6.58. The van der Waals surface area contributed by atoms with Gasteiger partial charge in [0, 0.05) is 13.0 Å². The van der Waals surface area contributed by atoms with E-state index >= 15 is 0 Å². The molecule has 0 unspecified atom stereocenters. The monoisotopic (exact) mass is 1030 g/mol. The lowest BCUT2D eigenvalue weighted by molar-refractivity contribution is -0.192. The number of nitrogens with zero attached hydrogens (tertiary/aromatic N) is 1. The minimum absolute atomic E-state index is 0.0214. The number of alkyl halides is 3. The lowest BCUT2D eigenvalue weighted by Crippen LogP contribution is -2.61. The van der Waals surface area contributed by atoms with Gasteiger partial charge in [0.2, 0.25) is 47.3 Å². The van der Waals surface area contributed by atoms with Crippen molar-refractivity contribution in [1.82, 2.24) is 36.8 Å². The summed E-state index contributed by atoms with van der Waals surface area (Å²) in [5.41, 5.74) is 17.5. The van der Waals surface area contributed by atoms with Crippen LogP contribution < -0.4 is 49.1 Å². The molecule has 27 heteroatoms. The summed E-state index contributed by atoms with van der Waals surface area (Å²) >= 11 is 1.48. The Bertz CT molecular complexity index is 1970. The first kappa shape index (κ1) is 63.0. The summed E-state index contributed by atoms with van der Waals surface area (Å²) in [6.07, 6.45) is -2.17. The first-order valence-electron chi connectivity index (χ1n) is 22.7. The van der Waals surface area contributed by atoms with Gasteiger partial charge in [-0.2, -0.15) is 24.9 Å². The number of thioether (sulfide) groups is 1. The molecule has 1 aliphatic heterocycles. The number of aliphatic hydroxyl groups excluding tert-OH is 1. The molecule has 0 bridgehead atoms. The minimum atomic E-state index is -5.08. The van der Waals surface area contributed by atoms with E-state index in [1.54, 1.807) is 44.2 Å². The van der Waals surface area contributed by atoms with Gasteiger partial charge in [-0.1, -0.05) is 64.4 Å². The van der Waals surface area contributed by atoms with Crippen molar-refractivity contribution in [3.8, 4) is 0 Å². The van der Waals surface area contributed by atoms with Crippen molar-refractivity contribution < 1.29 is 76.4 Å². The number of aliphatic hydroxyl groups is 1. The zero-order valence-electron chi connectivity index (χ0n) is 40.3. The van der Waals surface area contributed by atoms with E-state index in [0.717, 1.165) is 0 Å². The average Bonchev–Trinajstić information content (AvgIpc) is 3.64. The summed E-state index contributed by atoms with van der Waals surface area (Å²) in [5, 5.41) is 41.8. The lowest BCUT2D eigenvalue weighted by Gasteiger charge is -2.30. The zero-order chi connectivity index (χ0) is 54.2. The summed E-state index contributed by atoms with van der Waals surface area (Å²) in [4.78, 5) is 129. The summed E-state index contributed by atoms with van der Waals surface area (Å²) in [7, 11) is 0. The van der Waals surface area contributed by atoms with Gasteiger partial charge in [0.25, 0.3) is 0 Å². The fraction of sp³-hybridized carbons (Fsp3) is 0.636. The molecule has 8 atom stereocenters. The molecule has 0 spiro atoms. The number of aliphatic carboxylic acids is 2. The smallest absolute Gasteiger partial charge is 0.481 e. The van der Waals surface area contributed by atoms with Gasteiger partial charge in [-0.15, -0.1) is 0 Å². The highest BCUT2D eigenvalue weighted by Gasteiger charge is 2.42. The standard InChI is InChI=1S/C42H68N10O11S.C2HF3O2/c1-23(2)19-32(40(61)46-27(35(45)56)15-18-64-5)52-17-14-28(42(52)63)47-41(62)34(24(3)4)51-38(59)29(20-25-11-7-6-8-12-25)49-39(60)31(22-53)50-37(58)30(21-33(54)55)48-36(57)26(44)13-9-10-16-43;3-2(4,5)1(6)7/h6-8,11-12,23-24,26-32,34,53H,9-10,13-22,43-44H2,1-5H3,(H2,45,56)(H,46,61)(H,47,62)(H,48,57)(H,49,60)(H,50,58)(H,51,59)(H,54,55);(H,6,7)/t26-,27-,28+,29-,30-,31-,32-,34-;/m0./s1. The van der Waals surface area contributed by atoms with Crippen LogP contribution in [0.25, 0.3) is 0 Å². The molecular weight excluding hydrogens is 966 g/mol. The molecule has 1 fully saturated rings. The van der Waals surface area contributed by atoms with E-state index in [-0.39, 0.29) is 38.1 Å². The van der Waals surface area contributed by atoms with Crippen molar-refractivity contribution in [2.45, 2.75) is 134 Å². The number of hydrogen-bond donors (Lipinski definition) is 12. The van der Waals surface area contributed by atoms with Crippen LogP contribution in [-0.2, 0) is 54.4 Å². The number of benzene rings is 1. The first-order valence-corrected chi connectivity index (χ1v) is 24.1. The third-order valence-electron chi connectivity index (χ3n) is 10.7. The third kappa shape index (κ3) is 22.7. The molecule has 1 saturated heterocycles. The summed E-state index contributed by atoms with van der Waals surface area (Å²) < 4.78 is 31.7. The predicted octanol–water partition coefficient (Wildman–Crippen LogP) is -1.76. The number of carbonyl (C=O) groups is 10. The van der Waals surface area contributed by atoms with Crippen molar-refractivity contribution in [3.05, 3.63) is 35.9 Å². The van der Waals surface area contributed by atoms with Crippen LogP contribution in [0.4, 0.5) is 13.2 Å². The van der Waals surface area contributed by atoms with Gasteiger partial charge in [0.1, 0.15) is 42.3 Å². The number of likely N-dealkylation sites (tertiary alicyclic amines) is 1. The van der Waals surface area contributed by atoms with Gasteiger partial charge in [-0.3, -0.25) is 43.2 Å². The molecule has 2 rings (SSSR count). The molecule has 1 aliphatic rings. The maximum absolute atomic E-state index is 14.0. The van der Waals surface area contributed by atoms with E-state index < -0.39 is 133 Å². The van der Waals surface area contributed by atoms with Crippen LogP contribution in [0.15, 0.2) is 30.3 Å². The molecule has 0 radical (unpaired) electrons. The first-order chi connectivity index (χ1) is 33.2. The van der Waals surface area contributed by atoms with Crippen LogP contribution in [-0.4, -0.2) is 166 Å². The highest BCUT2D eigenvalue weighted by molar-refractivity contribution is 7.98. The molecule has 71 heavy (non-hydrogen) atoms. The van der Waals surface area contributed by atoms with Crippen molar-refractivity contribution in [2.75, 3.05) is 31.7 Å². The van der Waals surface area contributed by atoms with E-state index in [9.17, 15) is 66.5 Å². The summed E-state index contributed by atoms with van der Waals surface area (Å²) in [5.74, 6) is -10.5. The van der Waals surface area contributed by atoms with Gasteiger partial charge in [0.15, 0.2) is 0 Å². The Kier molecular flexibility index (Phi) is 27.8. The molecule has 1 heterocycles. The van der Waals surface area contributed by atoms with Gasteiger partial charge in [-0.25, -0.2) is 4.79 Å². The van der Waals surface area contributed by atoms with E-state index in [1.807, 2.05) is 20.1 Å². The molecule has 1 aromatic rings. The zero-order valence-corrected chi connectivity index (χ0v) is 41.1. The van der Waals surface area contributed by atoms with Gasteiger partial charge in [-0.05, 0) is 68.1 Å². The number of carbonyl (C=O) groups excluding carboxylic acids is 8. The second kappa shape index (κ2) is 31.3. The van der Waals surface area contributed by atoms with Crippen molar-refractivity contribution in [3.63, 3.8) is 0 Å². The molecule has 8 amide bonds. The average molecular weight is 1040 g/mol. The van der Waals surface area contributed by atoms with Crippen LogP contribution in [0, 0.1) is 11.8 Å². The number of halogens is 3. The van der Waals surface area contributed by atoms with E-state index in [1.165, 1.54) is 16.7 Å². The van der Waals surface area contributed by atoms with E-state index in [0.29, 0.717) is 37.1 Å². The quantitative estimate of drug-likeness (QED) is 0.0395. The van der Waals surface area contributed by atoms with Crippen LogP contribution in [0.1, 0.15) is 78.2 Å². The molecule has 0 saturated carbocycles. The summed E-state index contributed by atoms with van der Waals surface area (Å²) in [6, 6.07) is -1.51. The van der Waals surface area contributed by atoms with Gasteiger partial charge >= 0.3 is 18.1 Å². The molecule has 0 aliphatic carbocycles. The van der Waals surface area contributed by atoms with Crippen LogP contribution in [0.3, 0.4) is 0 Å². The maximum Gasteiger partial charge on any atom is 0.490 e. The van der Waals surface area contributed by atoms with Crippen LogP contribution in [0.2, 0.25) is 0 Å². The predicted molar refractivity (Wildman–Crippen MR) is 252 cm³/mol. The molecular formula is C44H69F3N10O13S. The number of rotatable bonds is 29. The Morgan fingerprint density at radius 3 is 1.85 bits per heavy atom. The Hall–Kier alpha value is -6.06. The van der Waals surface area contributed by atoms with Gasteiger partial charge in [0.05, 0.1) is 19.1 Å². The second-order valence-corrected chi connectivity index (χ2v) is 18.3. The number of primary amides is 1. The fourth-order valence-electron chi connectivity index (χ4n) is 6.91. The number of carboxylic acid groups (broad SMARTS) is 2. The number of hydrogen-bond acceptors (Lipinski definition) is 14. The molecule has 0 aromatic heterocycles. The van der Waals surface area contributed by atoms with E-state index in [2.05, 4.69) is 31.9 Å². The molecule has 23 nitrogen and oxygen atoms in total.